The molecule has 25 heavy (non-hydrogen) atoms. The molecule has 0 aliphatic rings. The first-order chi connectivity index (χ1) is 12.2. The highest BCUT2D eigenvalue weighted by atomic mass is 32.1. The fourth-order valence-corrected chi connectivity index (χ4v) is 3.22. The van der Waals surface area contributed by atoms with Crippen molar-refractivity contribution in [1.82, 2.24) is 10.3 Å². The predicted octanol–water partition coefficient (Wildman–Crippen LogP) is 4.49. The van der Waals surface area contributed by atoms with E-state index in [0.717, 1.165) is 28.2 Å². The van der Waals surface area contributed by atoms with Gasteiger partial charge in [-0.1, -0.05) is 60.2 Å². The molecule has 4 heteroatoms. The molecule has 0 aliphatic heterocycles. The second-order valence-corrected chi connectivity index (χ2v) is 6.65. The fraction of sp³-hybridized carbons (Fsp3) is 0.143. The van der Waals surface area contributed by atoms with Gasteiger partial charge in [-0.05, 0) is 18.6 Å². The Hall–Kier alpha value is -2.72. The molecule has 3 rings (SSSR count). The number of hydrogen-bond acceptors (Lipinski definition) is 3. The molecule has 3 aromatic rings. The molecule has 0 fully saturated rings. The van der Waals surface area contributed by atoms with E-state index in [-0.39, 0.29) is 5.91 Å². The molecule has 0 atom stereocenters. The lowest BCUT2D eigenvalue weighted by Gasteiger charge is -2.00. The molecule has 3 nitrogen and oxygen atoms in total. The van der Waals surface area contributed by atoms with E-state index >= 15 is 0 Å². The van der Waals surface area contributed by atoms with Crippen LogP contribution in [0.1, 0.15) is 16.8 Å². The van der Waals surface area contributed by atoms with Gasteiger partial charge in [0.05, 0.1) is 5.69 Å². The van der Waals surface area contributed by atoms with Crippen LogP contribution in [0.4, 0.5) is 0 Å². The summed E-state index contributed by atoms with van der Waals surface area (Å²) in [6, 6.07) is 18.2. The average molecular weight is 348 g/mol. The molecule has 2 aromatic carbocycles. The third-order valence-corrected chi connectivity index (χ3v) is 4.70. The van der Waals surface area contributed by atoms with Crippen LogP contribution < -0.4 is 5.32 Å². The van der Waals surface area contributed by atoms with Crippen molar-refractivity contribution in [3.8, 4) is 10.6 Å². The van der Waals surface area contributed by atoms with E-state index in [4.69, 9.17) is 0 Å². The van der Waals surface area contributed by atoms with Crippen molar-refractivity contribution in [3.63, 3.8) is 0 Å². The molecule has 0 saturated carbocycles. The molecule has 0 spiro atoms. The van der Waals surface area contributed by atoms with Crippen LogP contribution in [0, 0.1) is 6.92 Å². The number of nitrogens with zero attached hydrogens (tertiary/aromatic N) is 1. The normalized spacial score (nSPS) is 10.9. The largest absolute Gasteiger partial charge is 0.352 e. The summed E-state index contributed by atoms with van der Waals surface area (Å²) < 4.78 is 0. The molecule has 0 saturated heterocycles. The first-order valence-corrected chi connectivity index (χ1v) is 9.11. The van der Waals surface area contributed by atoms with E-state index in [0.29, 0.717) is 6.54 Å². The second kappa shape index (κ2) is 8.40. The lowest BCUT2D eigenvalue weighted by molar-refractivity contribution is -0.116. The lowest BCUT2D eigenvalue weighted by Crippen LogP contribution is -2.23. The maximum atomic E-state index is 11.8. The van der Waals surface area contributed by atoms with Gasteiger partial charge in [0.15, 0.2) is 0 Å². The number of aryl methyl sites for hydroxylation is 1. The Bertz CT molecular complexity index is 851. The summed E-state index contributed by atoms with van der Waals surface area (Å²) in [7, 11) is 0. The molecule has 0 unspecified atom stereocenters. The standard InChI is InChI=1S/C21H20N2OS/c1-16-7-10-18(11-8-16)21-23-19(15-25-21)13-14-22-20(24)12-9-17-5-3-2-4-6-17/h2-12,15H,13-14H2,1H3,(H,22,24). The predicted molar refractivity (Wildman–Crippen MR) is 104 cm³/mol. The number of nitrogens with one attached hydrogen (secondary N) is 1. The smallest absolute Gasteiger partial charge is 0.244 e. The van der Waals surface area contributed by atoms with E-state index in [2.05, 4.69) is 46.9 Å². The summed E-state index contributed by atoms with van der Waals surface area (Å²) in [6.45, 7) is 2.65. The number of aromatic nitrogens is 1. The summed E-state index contributed by atoms with van der Waals surface area (Å²) in [5, 5.41) is 5.97. The number of carbonyl (C=O) groups is 1. The maximum Gasteiger partial charge on any atom is 0.244 e. The zero-order chi connectivity index (χ0) is 17.5. The quantitative estimate of drug-likeness (QED) is 0.667. The molecule has 126 valence electrons. The fourth-order valence-electron chi connectivity index (χ4n) is 2.36. The van der Waals surface area contributed by atoms with Gasteiger partial charge in [0, 0.05) is 30.0 Å². The molecule has 1 aromatic heterocycles. The van der Waals surface area contributed by atoms with Crippen molar-refractivity contribution in [3.05, 3.63) is 82.9 Å². The number of benzene rings is 2. The van der Waals surface area contributed by atoms with E-state index in [1.54, 1.807) is 17.4 Å². The highest BCUT2D eigenvalue weighted by molar-refractivity contribution is 7.13. The van der Waals surface area contributed by atoms with Crippen LogP contribution in [0.25, 0.3) is 16.6 Å². The van der Waals surface area contributed by atoms with Gasteiger partial charge in [-0.15, -0.1) is 11.3 Å². The summed E-state index contributed by atoms with van der Waals surface area (Å²) in [5.41, 5.74) is 4.40. The van der Waals surface area contributed by atoms with Gasteiger partial charge in [-0.3, -0.25) is 4.79 Å². The van der Waals surface area contributed by atoms with Crippen LogP contribution in [0.2, 0.25) is 0 Å². The van der Waals surface area contributed by atoms with E-state index in [1.807, 2.05) is 36.4 Å². The molecular weight excluding hydrogens is 328 g/mol. The van der Waals surface area contributed by atoms with Gasteiger partial charge in [0.2, 0.25) is 5.91 Å². The molecule has 0 aliphatic carbocycles. The minimum Gasteiger partial charge on any atom is -0.352 e. The van der Waals surface area contributed by atoms with Gasteiger partial charge < -0.3 is 5.32 Å². The summed E-state index contributed by atoms with van der Waals surface area (Å²) in [5.74, 6) is -0.0853. The van der Waals surface area contributed by atoms with Crippen molar-refractivity contribution in [2.45, 2.75) is 13.3 Å². The van der Waals surface area contributed by atoms with Gasteiger partial charge >= 0.3 is 0 Å². The van der Waals surface area contributed by atoms with Crippen molar-refractivity contribution in [1.29, 1.82) is 0 Å². The Morgan fingerprint density at radius 1 is 1.12 bits per heavy atom. The topological polar surface area (TPSA) is 42.0 Å². The summed E-state index contributed by atoms with van der Waals surface area (Å²) in [4.78, 5) is 16.5. The molecule has 0 radical (unpaired) electrons. The van der Waals surface area contributed by atoms with Crippen LogP contribution in [-0.4, -0.2) is 17.4 Å². The van der Waals surface area contributed by atoms with Crippen molar-refractivity contribution in [2.75, 3.05) is 6.54 Å². The van der Waals surface area contributed by atoms with E-state index in [1.165, 1.54) is 5.56 Å². The van der Waals surface area contributed by atoms with Crippen LogP contribution in [0.15, 0.2) is 66.1 Å². The minimum absolute atomic E-state index is 0.0853. The molecule has 1 amide bonds. The average Bonchev–Trinajstić information content (AvgIpc) is 3.10. The summed E-state index contributed by atoms with van der Waals surface area (Å²) in [6.07, 6.45) is 4.11. The van der Waals surface area contributed by atoms with Crippen molar-refractivity contribution >= 4 is 23.3 Å². The Morgan fingerprint density at radius 3 is 2.64 bits per heavy atom. The third kappa shape index (κ3) is 5.13. The summed E-state index contributed by atoms with van der Waals surface area (Å²) >= 11 is 1.64. The number of thiazole rings is 1. The highest BCUT2D eigenvalue weighted by Crippen LogP contribution is 2.24. The molecule has 1 heterocycles. The van der Waals surface area contributed by atoms with Gasteiger partial charge in [-0.2, -0.15) is 0 Å². The Morgan fingerprint density at radius 2 is 1.88 bits per heavy atom. The Labute approximate surface area is 152 Å². The number of carbonyl (C=O) groups excluding carboxylic acids is 1. The third-order valence-electron chi connectivity index (χ3n) is 3.76. The van der Waals surface area contributed by atoms with Crippen LogP contribution in [0.5, 0.6) is 0 Å². The van der Waals surface area contributed by atoms with Crippen molar-refractivity contribution in [2.24, 2.45) is 0 Å². The Balaban J connectivity index is 1.48. The van der Waals surface area contributed by atoms with E-state index < -0.39 is 0 Å². The monoisotopic (exact) mass is 348 g/mol. The van der Waals surface area contributed by atoms with E-state index in [9.17, 15) is 4.79 Å². The zero-order valence-corrected chi connectivity index (χ0v) is 14.9. The lowest BCUT2D eigenvalue weighted by atomic mass is 10.2. The van der Waals surface area contributed by atoms with Gasteiger partial charge in [0.1, 0.15) is 5.01 Å². The van der Waals surface area contributed by atoms with Gasteiger partial charge in [-0.25, -0.2) is 4.98 Å². The molecule has 1 N–H and O–H groups in total. The minimum atomic E-state index is -0.0853. The number of amides is 1. The zero-order valence-electron chi connectivity index (χ0n) is 14.1. The SMILES string of the molecule is Cc1ccc(-c2nc(CCNC(=O)C=Cc3ccccc3)cs2)cc1. The Kier molecular flexibility index (Phi) is 5.75. The first kappa shape index (κ1) is 17.1. The van der Waals surface area contributed by atoms with Crippen LogP contribution in [0.3, 0.4) is 0 Å². The number of rotatable bonds is 6. The highest BCUT2D eigenvalue weighted by Gasteiger charge is 2.05. The van der Waals surface area contributed by atoms with Crippen molar-refractivity contribution < 1.29 is 4.79 Å². The first-order valence-electron chi connectivity index (χ1n) is 8.23. The molecule has 0 bridgehead atoms. The second-order valence-electron chi connectivity index (χ2n) is 5.80. The number of hydrogen-bond donors (Lipinski definition) is 1. The van der Waals surface area contributed by atoms with Crippen LogP contribution in [-0.2, 0) is 11.2 Å². The van der Waals surface area contributed by atoms with Gasteiger partial charge in [0.25, 0.3) is 0 Å². The molecular formula is C21H20N2OS. The maximum absolute atomic E-state index is 11.8. The van der Waals surface area contributed by atoms with Crippen LogP contribution >= 0.6 is 11.3 Å².